The third kappa shape index (κ3) is 3.50. The standard InChI is InChI=1S/C15H20N2O2/c1-19-12-7-8-14(16)13(9-12)15(18)17-10-11-5-3-2-4-6-11/h2-3,7-9,11H,4-6,10,16H2,1H3,(H,17,18). The quantitative estimate of drug-likeness (QED) is 0.645. The fourth-order valence-corrected chi connectivity index (χ4v) is 2.23. The van der Waals surface area contributed by atoms with Crippen LogP contribution in [0.3, 0.4) is 0 Å². The van der Waals surface area contributed by atoms with Crippen LogP contribution in [0, 0.1) is 5.92 Å². The number of hydrogen-bond acceptors (Lipinski definition) is 3. The van der Waals surface area contributed by atoms with Gasteiger partial charge in [0, 0.05) is 12.2 Å². The Bertz CT molecular complexity index is 483. The van der Waals surface area contributed by atoms with E-state index in [1.807, 2.05) is 0 Å². The molecule has 0 heterocycles. The van der Waals surface area contributed by atoms with E-state index in [9.17, 15) is 4.79 Å². The van der Waals surface area contributed by atoms with Gasteiger partial charge in [-0.25, -0.2) is 0 Å². The second kappa shape index (κ2) is 6.27. The van der Waals surface area contributed by atoms with Gasteiger partial charge in [-0.2, -0.15) is 0 Å². The first-order valence-corrected chi connectivity index (χ1v) is 6.57. The number of carbonyl (C=O) groups excluding carboxylic acids is 1. The summed E-state index contributed by atoms with van der Waals surface area (Å²) in [6.45, 7) is 0.694. The summed E-state index contributed by atoms with van der Waals surface area (Å²) in [5, 5.41) is 2.95. The number of ether oxygens (including phenoxy) is 1. The lowest BCUT2D eigenvalue weighted by Gasteiger charge is -2.18. The van der Waals surface area contributed by atoms with Crippen LogP contribution in [0.2, 0.25) is 0 Å². The van der Waals surface area contributed by atoms with Crippen molar-refractivity contribution in [1.82, 2.24) is 5.32 Å². The van der Waals surface area contributed by atoms with Gasteiger partial charge in [0.2, 0.25) is 0 Å². The fourth-order valence-electron chi connectivity index (χ4n) is 2.23. The summed E-state index contributed by atoms with van der Waals surface area (Å²) in [4.78, 5) is 12.1. The SMILES string of the molecule is COc1ccc(N)c(C(=O)NCC2CC=CCC2)c1. The van der Waals surface area contributed by atoms with Crippen molar-refractivity contribution in [3.8, 4) is 5.75 Å². The van der Waals surface area contributed by atoms with Crippen molar-refractivity contribution in [1.29, 1.82) is 0 Å². The highest BCUT2D eigenvalue weighted by Gasteiger charge is 2.14. The first-order chi connectivity index (χ1) is 9.20. The van der Waals surface area contributed by atoms with Gasteiger partial charge in [-0.1, -0.05) is 12.2 Å². The Kier molecular flexibility index (Phi) is 4.44. The molecule has 1 aliphatic carbocycles. The monoisotopic (exact) mass is 260 g/mol. The Morgan fingerprint density at radius 1 is 1.47 bits per heavy atom. The molecule has 0 aliphatic heterocycles. The molecule has 1 unspecified atom stereocenters. The number of nitrogens with one attached hydrogen (secondary N) is 1. The molecule has 2 rings (SSSR count). The lowest BCUT2D eigenvalue weighted by molar-refractivity contribution is 0.0947. The minimum atomic E-state index is -0.133. The molecule has 0 aromatic heterocycles. The summed E-state index contributed by atoms with van der Waals surface area (Å²) in [5.74, 6) is 1.03. The molecule has 0 spiro atoms. The number of rotatable bonds is 4. The minimum Gasteiger partial charge on any atom is -0.497 e. The number of allylic oxidation sites excluding steroid dienone is 2. The largest absolute Gasteiger partial charge is 0.497 e. The van der Waals surface area contributed by atoms with E-state index in [4.69, 9.17) is 10.5 Å². The highest BCUT2D eigenvalue weighted by molar-refractivity contribution is 5.99. The van der Waals surface area contributed by atoms with Crippen LogP contribution < -0.4 is 15.8 Å². The zero-order chi connectivity index (χ0) is 13.7. The molecule has 3 N–H and O–H groups in total. The van der Waals surface area contributed by atoms with Crippen molar-refractivity contribution in [3.05, 3.63) is 35.9 Å². The first kappa shape index (κ1) is 13.5. The Morgan fingerprint density at radius 2 is 2.32 bits per heavy atom. The smallest absolute Gasteiger partial charge is 0.253 e. The second-order valence-electron chi connectivity index (χ2n) is 4.81. The number of methoxy groups -OCH3 is 1. The summed E-state index contributed by atoms with van der Waals surface area (Å²) in [5.41, 5.74) is 6.78. The van der Waals surface area contributed by atoms with Crippen molar-refractivity contribution in [2.45, 2.75) is 19.3 Å². The van der Waals surface area contributed by atoms with Crippen molar-refractivity contribution in [3.63, 3.8) is 0 Å². The van der Waals surface area contributed by atoms with E-state index < -0.39 is 0 Å². The highest BCUT2D eigenvalue weighted by atomic mass is 16.5. The highest BCUT2D eigenvalue weighted by Crippen LogP contribution is 2.20. The van der Waals surface area contributed by atoms with E-state index in [2.05, 4.69) is 17.5 Å². The van der Waals surface area contributed by atoms with E-state index in [0.717, 1.165) is 19.3 Å². The van der Waals surface area contributed by atoms with Crippen LogP contribution in [0.15, 0.2) is 30.4 Å². The summed E-state index contributed by atoms with van der Waals surface area (Å²) in [6.07, 6.45) is 7.64. The third-order valence-corrected chi connectivity index (χ3v) is 3.43. The maximum atomic E-state index is 12.1. The lowest BCUT2D eigenvalue weighted by atomic mass is 9.94. The molecule has 0 saturated carbocycles. The summed E-state index contributed by atoms with van der Waals surface area (Å²) >= 11 is 0. The molecular formula is C15H20N2O2. The Labute approximate surface area is 113 Å². The zero-order valence-corrected chi connectivity index (χ0v) is 11.2. The Morgan fingerprint density at radius 3 is 3.00 bits per heavy atom. The molecule has 0 radical (unpaired) electrons. The summed E-state index contributed by atoms with van der Waals surface area (Å²) < 4.78 is 5.11. The van der Waals surface area contributed by atoms with E-state index in [0.29, 0.717) is 29.5 Å². The number of amides is 1. The van der Waals surface area contributed by atoms with Crippen LogP contribution in [0.25, 0.3) is 0 Å². The van der Waals surface area contributed by atoms with Gasteiger partial charge in [0.1, 0.15) is 5.75 Å². The number of anilines is 1. The minimum absolute atomic E-state index is 0.133. The van der Waals surface area contributed by atoms with Crippen molar-refractivity contribution < 1.29 is 9.53 Å². The van der Waals surface area contributed by atoms with Crippen LogP contribution in [-0.4, -0.2) is 19.6 Å². The van der Waals surface area contributed by atoms with Crippen molar-refractivity contribution >= 4 is 11.6 Å². The van der Waals surface area contributed by atoms with E-state index in [1.54, 1.807) is 25.3 Å². The number of nitrogen functional groups attached to an aromatic ring is 1. The van der Waals surface area contributed by atoms with E-state index >= 15 is 0 Å². The molecule has 4 nitrogen and oxygen atoms in total. The molecule has 1 aromatic carbocycles. The Balaban J connectivity index is 1.97. The van der Waals surface area contributed by atoms with Gasteiger partial charge in [-0.05, 0) is 43.4 Å². The van der Waals surface area contributed by atoms with Gasteiger partial charge < -0.3 is 15.8 Å². The number of carbonyl (C=O) groups is 1. The van der Waals surface area contributed by atoms with Gasteiger partial charge in [-0.3, -0.25) is 4.79 Å². The molecular weight excluding hydrogens is 240 g/mol. The summed E-state index contributed by atoms with van der Waals surface area (Å²) in [6, 6.07) is 5.11. The van der Waals surface area contributed by atoms with Crippen molar-refractivity contribution in [2.75, 3.05) is 19.4 Å². The van der Waals surface area contributed by atoms with Gasteiger partial charge >= 0.3 is 0 Å². The average molecular weight is 260 g/mol. The molecule has 1 atom stereocenters. The predicted octanol–water partition coefficient (Wildman–Crippen LogP) is 2.36. The van der Waals surface area contributed by atoms with Crippen LogP contribution in [-0.2, 0) is 0 Å². The van der Waals surface area contributed by atoms with E-state index in [-0.39, 0.29) is 5.91 Å². The third-order valence-electron chi connectivity index (χ3n) is 3.43. The predicted molar refractivity (Wildman–Crippen MR) is 76.2 cm³/mol. The number of hydrogen-bond donors (Lipinski definition) is 2. The molecule has 4 heteroatoms. The van der Waals surface area contributed by atoms with Gasteiger partial charge in [0.25, 0.3) is 5.91 Å². The molecule has 102 valence electrons. The molecule has 0 saturated heterocycles. The molecule has 1 aromatic rings. The first-order valence-electron chi connectivity index (χ1n) is 6.57. The number of benzene rings is 1. The molecule has 19 heavy (non-hydrogen) atoms. The zero-order valence-electron chi connectivity index (χ0n) is 11.2. The van der Waals surface area contributed by atoms with Crippen LogP contribution >= 0.6 is 0 Å². The van der Waals surface area contributed by atoms with Gasteiger partial charge in [-0.15, -0.1) is 0 Å². The molecule has 1 aliphatic rings. The molecule has 0 fully saturated rings. The second-order valence-corrected chi connectivity index (χ2v) is 4.81. The van der Waals surface area contributed by atoms with E-state index in [1.165, 1.54) is 0 Å². The van der Waals surface area contributed by atoms with Crippen LogP contribution in [0.5, 0.6) is 5.75 Å². The van der Waals surface area contributed by atoms with Crippen molar-refractivity contribution in [2.24, 2.45) is 5.92 Å². The summed E-state index contributed by atoms with van der Waals surface area (Å²) in [7, 11) is 1.57. The fraction of sp³-hybridized carbons (Fsp3) is 0.400. The molecule has 1 amide bonds. The normalized spacial score (nSPS) is 18.1. The maximum absolute atomic E-state index is 12.1. The number of nitrogens with two attached hydrogens (primary N) is 1. The molecule has 0 bridgehead atoms. The maximum Gasteiger partial charge on any atom is 0.253 e. The Hall–Kier alpha value is -1.97. The van der Waals surface area contributed by atoms with Gasteiger partial charge in [0.15, 0.2) is 0 Å². The lowest BCUT2D eigenvalue weighted by Crippen LogP contribution is -2.30. The van der Waals surface area contributed by atoms with Crippen LogP contribution in [0.1, 0.15) is 29.6 Å². The van der Waals surface area contributed by atoms with Gasteiger partial charge in [0.05, 0.1) is 12.7 Å². The average Bonchev–Trinajstić information content (AvgIpc) is 2.46. The van der Waals surface area contributed by atoms with Crippen LogP contribution in [0.4, 0.5) is 5.69 Å². The topological polar surface area (TPSA) is 64.3 Å².